The molecule has 2 aromatic rings. The Labute approximate surface area is 104 Å². The Morgan fingerprint density at radius 3 is 2.72 bits per heavy atom. The van der Waals surface area contributed by atoms with Gasteiger partial charge in [-0.05, 0) is 29.5 Å². The molecule has 88 valence electrons. The summed E-state index contributed by atoms with van der Waals surface area (Å²) in [6.45, 7) is 0. The number of aromatic nitrogens is 1. The molecule has 1 heterocycles. The highest BCUT2D eigenvalue weighted by atomic mass is 15.3. The lowest BCUT2D eigenvalue weighted by atomic mass is 9.84. The van der Waals surface area contributed by atoms with Crippen LogP contribution >= 0.6 is 0 Å². The molecule has 0 amide bonds. The SMILES string of the molecule is N#Cc1c2c(cn(N)c1=N)CCc1ccccc1-2. The molecule has 1 aromatic heterocycles. The summed E-state index contributed by atoms with van der Waals surface area (Å²) in [7, 11) is 0. The molecule has 4 heteroatoms. The zero-order valence-electron chi connectivity index (χ0n) is 9.77. The highest BCUT2D eigenvalue weighted by Crippen LogP contribution is 2.34. The summed E-state index contributed by atoms with van der Waals surface area (Å²) in [5.41, 5.74) is 4.64. The second-order valence-electron chi connectivity index (χ2n) is 4.43. The number of rotatable bonds is 0. The first kappa shape index (κ1) is 10.6. The van der Waals surface area contributed by atoms with Gasteiger partial charge in [0.15, 0.2) is 5.49 Å². The van der Waals surface area contributed by atoms with E-state index in [1.807, 2.05) is 18.2 Å². The van der Waals surface area contributed by atoms with Crippen molar-refractivity contribution >= 4 is 0 Å². The molecule has 18 heavy (non-hydrogen) atoms. The van der Waals surface area contributed by atoms with E-state index in [1.165, 1.54) is 10.2 Å². The van der Waals surface area contributed by atoms with Crippen molar-refractivity contribution in [2.45, 2.75) is 12.8 Å². The van der Waals surface area contributed by atoms with Crippen LogP contribution in [0.5, 0.6) is 0 Å². The molecular weight excluding hydrogens is 224 g/mol. The Morgan fingerprint density at radius 1 is 1.22 bits per heavy atom. The van der Waals surface area contributed by atoms with E-state index in [2.05, 4.69) is 12.1 Å². The summed E-state index contributed by atoms with van der Waals surface area (Å²) < 4.78 is 1.23. The molecule has 3 N–H and O–H groups in total. The molecule has 4 nitrogen and oxygen atoms in total. The Hall–Kier alpha value is -2.54. The molecule has 0 unspecified atom stereocenters. The first-order valence-electron chi connectivity index (χ1n) is 5.79. The number of nitrogens with one attached hydrogen (secondary N) is 1. The maximum atomic E-state index is 9.29. The zero-order chi connectivity index (χ0) is 12.7. The van der Waals surface area contributed by atoms with Crippen LogP contribution in [0.4, 0.5) is 0 Å². The molecule has 0 saturated heterocycles. The van der Waals surface area contributed by atoms with Crippen molar-refractivity contribution < 1.29 is 0 Å². The van der Waals surface area contributed by atoms with Crippen molar-refractivity contribution in [1.29, 1.82) is 10.7 Å². The molecule has 1 aliphatic rings. The average Bonchev–Trinajstić information content (AvgIpc) is 2.40. The van der Waals surface area contributed by atoms with Gasteiger partial charge in [0.05, 0.1) is 0 Å². The van der Waals surface area contributed by atoms with Crippen LogP contribution in [-0.2, 0) is 12.8 Å². The quantitative estimate of drug-likeness (QED) is 0.676. The summed E-state index contributed by atoms with van der Waals surface area (Å²) in [5, 5.41) is 17.2. The summed E-state index contributed by atoms with van der Waals surface area (Å²) >= 11 is 0. The number of nitrogens with zero attached hydrogens (tertiary/aromatic N) is 2. The molecule has 0 aliphatic heterocycles. The van der Waals surface area contributed by atoms with Crippen LogP contribution in [0.2, 0.25) is 0 Å². The Morgan fingerprint density at radius 2 is 1.94 bits per heavy atom. The second-order valence-corrected chi connectivity index (χ2v) is 4.43. The van der Waals surface area contributed by atoms with Crippen molar-refractivity contribution in [2.24, 2.45) is 0 Å². The van der Waals surface area contributed by atoms with Crippen LogP contribution in [0.1, 0.15) is 16.7 Å². The Bertz CT molecular complexity index is 734. The number of fused-ring (bicyclic) bond motifs is 3. The number of nitrogen functional groups attached to an aromatic ring is 1. The fourth-order valence-electron chi connectivity index (χ4n) is 2.56. The number of benzene rings is 1. The second kappa shape index (κ2) is 3.74. The van der Waals surface area contributed by atoms with Crippen molar-refractivity contribution in [3.05, 3.63) is 52.6 Å². The molecule has 0 saturated carbocycles. The van der Waals surface area contributed by atoms with E-state index in [0.717, 1.165) is 29.5 Å². The average molecular weight is 236 g/mol. The van der Waals surface area contributed by atoms with E-state index in [-0.39, 0.29) is 5.49 Å². The smallest absolute Gasteiger partial charge is 0.162 e. The highest BCUT2D eigenvalue weighted by molar-refractivity contribution is 5.77. The van der Waals surface area contributed by atoms with Gasteiger partial charge in [-0.25, -0.2) is 0 Å². The monoisotopic (exact) mass is 236 g/mol. The number of pyridine rings is 1. The first-order chi connectivity index (χ1) is 8.72. The van der Waals surface area contributed by atoms with Gasteiger partial charge in [0.1, 0.15) is 11.6 Å². The fourth-order valence-corrected chi connectivity index (χ4v) is 2.56. The minimum atomic E-state index is 0.0629. The normalized spacial score (nSPS) is 12.4. The van der Waals surface area contributed by atoms with Gasteiger partial charge in [0.2, 0.25) is 0 Å². The predicted molar refractivity (Wildman–Crippen MR) is 68.0 cm³/mol. The van der Waals surface area contributed by atoms with Gasteiger partial charge in [0, 0.05) is 11.8 Å². The zero-order valence-corrected chi connectivity index (χ0v) is 9.77. The van der Waals surface area contributed by atoms with E-state index < -0.39 is 0 Å². The van der Waals surface area contributed by atoms with Gasteiger partial charge < -0.3 is 5.84 Å². The first-order valence-corrected chi connectivity index (χ1v) is 5.79. The number of nitriles is 1. The third kappa shape index (κ3) is 1.34. The minimum Gasteiger partial charge on any atom is -0.338 e. The lowest BCUT2D eigenvalue weighted by molar-refractivity contribution is 0.833. The maximum Gasteiger partial charge on any atom is 0.162 e. The molecule has 0 radical (unpaired) electrons. The number of nitrogens with two attached hydrogens (primary N) is 1. The van der Waals surface area contributed by atoms with Crippen LogP contribution in [0.3, 0.4) is 0 Å². The lowest BCUT2D eigenvalue weighted by Gasteiger charge is -2.21. The molecule has 1 aliphatic carbocycles. The Balaban J connectivity index is 2.44. The van der Waals surface area contributed by atoms with Crippen LogP contribution in [-0.4, -0.2) is 4.68 Å². The van der Waals surface area contributed by atoms with Crippen LogP contribution in [0.15, 0.2) is 30.5 Å². The molecule has 0 bridgehead atoms. The van der Waals surface area contributed by atoms with Crippen molar-refractivity contribution in [3.8, 4) is 17.2 Å². The number of hydrogen-bond acceptors (Lipinski definition) is 3. The Kier molecular flexibility index (Phi) is 2.20. The molecule has 0 atom stereocenters. The summed E-state index contributed by atoms with van der Waals surface area (Å²) in [4.78, 5) is 0. The standard InChI is InChI=1S/C14H12N4/c15-7-12-13-10(8-18(17)14(12)16)6-5-9-3-1-2-4-11(9)13/h1-4,8,16H,5-6,17H2. The predicted octanol–water partition coefficient (Wildman–Crippen LogP) is 1.32. The summed E-state index contributed by atoms with van der Waals surface area (Å²) in [5.74, 6) is 5.72. The van der Waals surface area contributed by atoms with E-state index in [9.17, 15) is 5.26 Å². The molecule has 0 spiro atoms. The van der Waals surface area contributed by atoms with E-state index in [1.54, 1.807) is 6.20 Å². The molecule has 3 rings (SSSR count). The van der Waals surface area contributed by atoms with Crippen LogP contribution < -0.4 is 11.3 Å². The molecule has 1 aromatic carbocycles. The number of hydrogen-bond donors (Lipinski definition) is 2. The van der Waals surface area contributed by atoms with Gasteiger partial charge in [-0.2, -0.15) is 5.26 Å². The van der Waals surface area contributed by atoms with Crippen molar-refractivity contribution in [1.82, 2.24) is 4.68 Å². The van der Waals surface area contributed by atoms with E-state index >= 15 is 0 Å². The number of aryl methyl sites for hydroxylation is 2. The van der Waals surface area contributed by atoms with Gasteiger partial charge in [-0.1, -0.05) is 24.3 Å². The topological polar surface area (TPSA) is 78.6 Å². The fraction of sp³-hybridized carbons (Fsp3) is 0.143. The van der Waals surface area contributed by atoms with Gasteiger partial charge in [-0.3, -0.25) is 10.1 Å². The maximum absolute atomic E-state index is 9.29. The van der Waals surface area contributed by atoms with Gasteiger partial charge in [-0.15, -0.1) is 0 Å². The van der Waals surface area contributed by atoms with Crippen LogP contribution in [0, 0.1) is 16.7 Å². The van der Waals surface area contributed by atoms with E-state index in [4.69, 9.17) is 11.3 Å². The van der Waals surface area contributed by atoms with E-state index in [0.29, 0.717) is 5.56 Å². The minimum absolute atomic E-state index is 0.0629. The van der Waals surface area contributed by atoms with Gasteiger partial charge >= 0.3 is 0 Å². The highest BCUT2D eigenvalue weighted by Gasteiger charge is 2.21. The van der Waals surface area contributed by atoms with Crippen molar-refractivity contribution in [2.75, 3.05) is 5.84 Å². The molecule has 0 fully saturated rings. The third-order valence-corrected chi connectivity index (χ3v) is 3.42. The van der Waals surface area contributed by atoms with Crippen molar-refractivity contribution in [3.63, 3.8) is 0 Å². The molecular formula is C14H12N4. The lowest BCUT2D eigenvalue weighted by Crippen LogP contribution is -2.31. The van der Waals surface area contributed by atoms with Gasteiger partial charge in [0.25, 0.3) is 0 Å². The largest absolute Gasteiger partial charge is 0.338 e. The summed E-state index contributed by atoms with van der Waals surface area (Å²) in [6.07, 6.45) is 3.57. The van der Waals surface area contributed by atoms with Crippen LogP contribution in [0.25, 0.3) is 11.1 Å². The summed E-state index contributed by atoms with van der Waals surface area (Å²) in [6, 6.07) is 10.2. The third-order valence-electron chi connectivity index (χ3n) is 3.42.